The van der Waals surface area contributed by atoms with Gasteiger partial charge in [0.15, 0.2) is 0 Å². The first-order valence-electron chi connectivity index (χ1n) is 10.7. The Bertz CT molecular complexity index is 1310. The first kappa shape index (κ1) is 21.1. The lowest BCUT2D eigenvalue weighted by Gasteiger charge is -2.24. The summed E-state index contributed by atoms with van der Waals surface area (Å²) < 4.78 is 5.30. The Morgan fingerprint density at radius 1 is 0.970 bits per heavy atom. The van der Waals surface area contributed by atoms with Crippen molar-refractivity contribution in [2.45, 2.75) is 29.8 Å². The lowest BCUT2D eigenvalue weighted by Crippen LogP contribution is -2.31. The van der Waals surface area contributed by atoms with E-state index in [-0.39, 0.29) is 11.8 Å². The second-order valence-electron chi connectivity index (χ2n) is 7.92. The van der Waals surface area contributed by atoms with E-state index in [0.717, 1.165) is 26.6 Å². The summed E-state index contributed by atoms with van der Waals surface area (Å²) in [5.74, 6) is 0.384. The van der Waals surface area contributed by atoms with Crippen molar-refractivity contribution in [3.8, 4) is 0 Å². The lowest BCUT2D eigenvalue weighted by molar-refractivity contribution is 0.0945. The number of amides is 2. The summed E-state index contributed by atoms with van der Waals surface area (Å²) in [6.45, 7) is 2.75. The summed E-state index contributed by atoms with van der Waals surface area (Å²) in [5.41, 5.74) is 4.07. The van der Waals surface area contributed by atoms with Crippen molar-refractivity contribution in [3.63, 3.8) is 0 Å². The minimum atomic E-state index is -0.219. The molecule has 0 spiro atoms. The molecule has 1 aromatic heterocycles. The quantitative estimate of drug-likeness (QED) is 0.412. The Morgan fingerprint density at radius 3 is 2.58 bits per heavy atom. The molecule has 0 fully saturated rings. The molecule has 164 valence electrons. The summed E-state index contributed by atoms with van der Waals surface area (Å²) in [7, 11) is 0. The van der Waals surface area contributed by atoms with Gasteiger partial charge >= 0.3 is 0 Å². The highest BCUT2D eigenvalue weighted by Crippen LogP contribution is 2.42. The van der Waals surface area contributed by atoms with E-state index in [1.165, 1.54) is 0 Å². The average molecular weight is 455 g/mol. The van der Waals surface area contributed by atoms with Crippen LogP contribution < -0.4 is 10.2 Å². The molecule has 1 aliphatic heterocycles. The molecule has 0 aliphatic carbocycles. The van der Waals surface area contributed by atoms with E-state index in [0.29, 0.717) is 30.0 Å². The highest BCUT2D eigenvalue weighted by Gasteiger charge is 2.28. The predicted molar refractivity (Wildman–Crippen MR) is 129 cm³/mol. The summed E-state index contributed by atoms with van der Waals surface area (Å²) in [5, 5.41) is 2.88. The van der Waals surface area contributed by atoms with Gasteiger partial charge in [0.2, 0.25) is 0 Å². The smallest absolute Gasteiger partial charge is 0.259 e. The first-order valence-corrected chi connectivity index (χ1v) is 11.5. The van der Waals surface area contributed by atoms with Gasteiger partial charge < -0.3 is 14.6 Å². The van der Waals surface area contributed by atoms with Crippen LogP contribution in [0.15, 0.2) is 99.3 Å². The Morgan fingerprint density at radius 2 is 1.79 bits per heavy atom. The van der Waals surface area contributed by atoms with Crippen LogP contribution in [0.4, 0.5) is 5.69 Å². The number of hydrogen-bond donors (Lipinski definition) is 1. The van der Waals surface area contributed by atoms with Crippen molar-refractivity contribution < 1.29 is 14.0 Å². The van der Waals surface area contributed by atoms with Crippen molar-refractivity contribution in [1.82, 2.24) is 5.32 Å². The van der Waals surface area contributed by atoms with Crippen LogP contribution in [-0.4, -0.2) is 11.8 Å². The van der Waals surface area contributed by atoms with Crippen molar-refractivity contribution in [2.24, 2.45) is 0 Å². The summed E-state index contributed by atoms with van der Waals surface area (Å²) >= 11 is 1.55. The molecule has 33 heavy (non-hydrogen) atoms. The Hall–Kier alpha value is -3.77. The topological polar surface area (TPSA) is 62.6 Å². The van der Waals surface area contributed by atoms with E-state index in [9.17, 15) is 9.59 Å². The van der Waals surface area contributed by atoms with Gasteiger partial charge in [-0.25, -0.2) is 0 Å². The van der Waals surface area contributed by atoms with Crippen molar-refractivity contribution >= 4 is 29.3 Å². The average Bonchev–Trinajstić information content (AvgIpc) is 3.33. The number of benzene rings is 3. The number of nitrogens with one attached hydrogen (secondary N) is 1. The molecule has 0 unspecified atom stereocenters. The SMILES string of the molecule is Cc1ccc(CN2C(=O)c3ccccc3Sc3ccc(C(=O)NCc4ccco4)cc32)cc1. The molecular weight excluding hydrogens is 432 g/mol. The highest BCUT2D eigenvalue weighted by atomic mass is 32.2. The standard InChI is InChI=1S/C27H22N2O3S/c1-18-8-10-19(11-9-18)17-29-23-15-20(26(30)28-16-21-5-4-14-32-21)12-13-25(23)33-24-7-3-2-6-22(24)27(29)31/h2-15H,16-17H2,1H3,(H,28,30). The Labute approximate surface area is 196 Å². The molecule has 0 bridgehead atoms. The van der Waals surface area contributed by atoms with E-state index in [2.05, 4.69) is 5.32 Å². The number of rotatable bonds is 5. The summed E-state index contributed by atoms with van der Waals surface area (Å²) in [6, 6.07) is 24.9. The van der Waals surface area contributed by atoms with Gasteiger partial charge in [-0.05, 0) is 55.0 Å². The van der Waals surface area contributed by atoms with Crippen LogP contribution in [0.1, 0.15) is 37.6 Å². The fraction of sp³-hybridized carbons (Fsp3) is 0.111. The van der Waals surface area contributed by atoms with E-state index < -0.39 is 0 Å². The number of fused-ring (bicyclic) bond motifs is 2. The monoisotopic (exact) mass is 454 g/mol. The van der Waals surface area contributed by atoms with Gasteiger partial charge in [-0.15, -0.1) is 0 Å². The molecule has 0 radical (unpaired) electrons. The number of carbonyl (C=O) groups is 2. The number of carbonyl (C=O) groups excluding carboxylic acids is 2. The van der Waals surface area contributed by atoms with Crippen LogP contribution in [0.3, 0.4) is 0 Å². The number of hydrogen-bond acceptors (Lipinski definition) is 4. The summed E-state index contributed by atoms with van der Waals surface area (Å²) in [4.78, 5) is 30.1. The molecule has 3 aromatic carbocycles. The van der Waals surface area contributed by atoms with Gasteiger partial charge in [-0.3, -0.25) is 9.59 Å². The van der Waals surface area contributed by atoms with Gasteiger partial charge in [0.25, 0.3) is 11.8 Å². The maximum absolute atomic E-state index is 13.6. The maximum atomic E-state index is 13.6. The zero-order chi connectivity index (χ0) is 22.8. The van der Waals surface area contributed by atoms with Crippen LogP contribution in [0.5, 0.6) is 0 Å². The van der Waals surface area contributed by atoms with Crippen molar-refractivity contribution in [1.29, 1.82) is 0 Å². The molecule has 0 saturated heterocycles. The minimum absolute atomic E-state index is 0.0782. The Balaban J connectivity index is 1.51. The molecule has 0 saturated carbocycles. The van der Waals surface area contributed by atoms with Crippen molar-refractivity contribution in [2.75, 3.05) is 4.90 Å². The lowest BCUT2D eigenvalue weighted by atomic mass is 10.1. The van der Waals surface area contributed by atoms with Crippen molar-refractivity contribution in [3.05, 3.63) is 113 Å². The summed E-state index contributed by atoms with van der Waals surface area (Å²) in [6.07, 6.45) is 1.58. The maximum Gasteiger partial charge on any atom is 0.259 e. The highest BCUT2D eigenvalue weighted by molar-refractivity contribution is 7.99. The number of aryl methyl sites for hydroxylation is 1. The fourth-order valence-corrected chi connectivity index (χ4v) is 4.84. The number of anilines is 1. The predicted octanol–water partition coefficient (Wildman–Crippen LogP) is 5.83. The largest absolute Gasteiger partial charge is 0.467 e. The molecule has 2 heterocycles. The molecular formula is C27H22N2O3S. The van der Waals surface area contributed by atoms with E-state index in [1.54, 1.807) is 41.1 Å². The van der Waals surface area contributed by atoms with Crippen LogP contribution in [0.25, 0.3) is 0 Å². The number of nitrogens with zero attached hydrogens (tertiary/aromatic N) is 1. The van der Waals surface area contributed by atoms with Crippen LogP contribution in [-0.2, 0) is 13.1 Å². The third-order valence-corrected chi connectivity index (χ3v) is 6.70. The first-order chi connectivity index (χ1) is 16.1. The van der Waals surface area contributed by atoms with Gasteiger partial charge in [0, 0.05) is 15.4 Å². The second kappa shape index (κ2) is 9.00. The van der Waals surface area contributed by atoms with Gasteiger partial charge in [-0.2, -0.15) is 0 Å². The Kier molecular flexibility index (Phi) is 5.75. The molecule has 6 heteroatoms. The van der Waals surface area contributed by atoms with Gasteiger partial charge in [0.1, 0.15) is 5.76 Å². The third kappa shape index (κ3) is 4.43. The molecule has 5 rings (SSSR count). The third-order valence-electron chi connectivity index (χ3n) is 5.56. The molecule has 4 aromatic rings. The molecule has 1 aliphatic rings. The molecule has 1 N–H and O–H groups in total. The molecule has 0 atom stereocenters. The zero-order valence-electron chi connectivity index (χ0n) is 18.1. The van der Waals surface area contributed by atoms with E-state index in [1.807, 2.05) is 67.6 Å². The molecule has 5 nitrogen and oxygen atoms in total. The van der Waals surface area contributed by atoms with Crippen LogP contribution in [0, 0.1) is 6.92 Å². The molecule has 2 amide bonds. The normalized spacial score (nSPS) is 12.6. The van der Waals surface area contributed by atoms with E-state index in [4.69, 9.17) is 4.42 Å². The minimum Gasteiger partial charge on any atom is -0.467 e. The number of furan rings is 1. The van der Waals surface area contributed by atoms with Gasteiger partial charge in [0.05, 0.1) is 30.6 Å². The van der Waals surface area contributed by atoms with E-state index >= 15 is 0 Å². The van der Waals surface area contributed by atoms with Crippen LogP contribution >= 0.6 is 11.8 Å². The van der Waals surface area contributed by atoms with Crippen LogP contribution in [0.2, 0.25) is 0 Å². The fourth-order valence-electron chi connectivity index (χ4n) is 3.78. The van der Waals surface area contributed by atoms with Gasteiger partial charge in [-0.1, -0.05) is 53.7 Å². The second-order valence-corrected chi connectivity index (χ2v) is 9.00. The zero-order valence-corrected chi connectivity index (χ0v) is 18.9.